The Kier molecular flexibility index (Phi) is 6.72. The molecule has 0 fully saturated rings. The summed E-state index contributed by atoms with van der Waals surface area (Å²) in [6.45, 7) is 3.09. The van der Waals surface area contributed by atoms with Crippen LogP contribution >= 0.6 is 0 Å². The summed E-state index contributed by atoms with van der Waals surface area (Å²) in [6.07, 6.45) is 1.93. The molecule has 3 N–H and O–H groups in total. The third kappa shape index (κ3) is 6.09. The molecule has 0 aromatic heterocycles. The molecule has 0 aliphatic rings. The van der Waals surface area contributed by atoms with E-state index in [9.17, 15) is 9.59 Å². The smallest absolute Gasteiger partial charge is 0.240 e. The van der Waals surface area contributed by atoms with Crippen LogP contribution in [0.2, 0.25) is 0 Å². The van der Waals surface area contributed by atoms with E-state index in [4.69, 9.17) is 5.21 Å². The fraction of sp³-hybridized carbons (Fsp3) is 0. The molecule has 0 radical (unpaired) electrons. The molecule has 16 heavy (non-hydrogen) atoms. The Morgan fingerprint density at radius 3 is 2.19 bits per heavy atom. The van der Waals surface area contributed by atoms with E-state index in [1.54, 1.807) is 24.3 Å². The maximum atomic E-state index is 10.9. The Balaban J connectivity index is 0.000000385. The Hall–Kier alpha value is -2.43. The van der Waals surface area contributed by atoms with E-state index >= 15 is 0 Å². The van der Waals surface area contributed by atoms with Crippen LogP contribution < -0.4 is 5.73 Å². The molecule has 1 rings (SSSR count). The number of nitrogens with two attached hydrogens (primary N) is 1. The molecule has 0 aliphatic heterocycles. The molecule has 0 saturated heterocycles. The quantitative estimate of drug-likeness (QED) is 0.261. The Morgan fingerprint density at radius 1 is 1.31 bits per heavy atom. The van der Waals surface area contributed by atoms with Gasteiger partial charge in [0.1, 0.15) is 6.21 Å². The summed E-state index contributed by atoms with van der Waals surface area (Å²) in [6, 6.07) is 8.62. The zero-order valence-electron chi connectivity index (χ0n) is 8.54. The van der Waals surface area contributed by atoms with Gasteiger partial charge in [-0.2, -0.15) is 0 Å². The zero-order valence-corrected chi connectivity index (χ0v) is 8.54. The molecule has 1 amide bonds. The molecule has 1 aromatic carbocycles. The lowest BCUT2D eigenvalue weighted by molar-refractivity contribution is -0.113. The Labute approximate surface area is 92.9 Å². The van der Waals surface area contributed by atoms with E-state index in [0.29, 0.717) is 5.56 Å². The molecule has 0 spiro atoms. The largest absolute Gasteiger partial charge is 0.411 e. The summed E-state index contributed by atoms with van der Waals surface area (Å²) >= 11 is 0. The second-order valence-corrected chi connectivity index (χ2v) is 2.58. The molecular weight excluding hydrogens is 208 g/mol. The van der Waals surface area contributed by atoms with E-state index in [-0.39, 0.29) is 5.78 Å². The number of hydrogen-bond donors (Lipinski definition) is 2. The first kappa shape index (κ1) is 13.6. The number of hydrogen-bond acceptors (Lipinski definition) is 4. The molecule has 1 aromatic rings. The summed E-state index contributed by atoms with van der Waals surface area (Å²) in [7, 11) is 0. The van der Waals surface area contributed by atoms with Crippen LogP contribution in [0.4, 0.5) is 0 Å². The summed E-state index contributed by atoms with van der Waals surface area (Å²) < 4.78 is 0. The minimum atomic E-state index is -0.481. The first-order valence-corrected chi connectivity index (χ1v) is 4.30. The van der Waals surface area contributed by atoms with Crippen molar-refractivity contribution >= 4 is 17.9 Å². The second-order valence-electron chi connectivity index (χ2n) is 2.58. The van der Waals surface area contributed by atoms with E-state index in [1.165, 1.54) is 0 Å². The van der Waals surface area contributed by atoms with Crippen molar-refractivity contribution < 1.29 is 14.8 Å². The highest BCUT2D eigenvalue weighted by Crippen LogP contribution is 1.97. The number of carbonyl (C=O) groups excluding carboxylic acids is 2. The van der Waals surface area contributed by atoms with Gasteiger partial charge in [0, 0.05) is 5.56 Å². The van der Waals surface area contributed by atoms with Gasteiger partial charge in [0.25, 0.3) is 0 Å². The van der Waals surface area contributed by atoms with Gasteiger partial charge in [-0.1, -0.05) is 42.1 Å². The highest BCUT2D eigenvalue weighted by Gasteiger charge is 1.98. The van der Waals surface area contributed by atoms with Crippen LogP contribution in [0.3, 0.4) is 0 Å². The molecule has 0 atom stereocenters. The predicted molar refractivity (Wildman–Crippen MR) is 60.4 cm³/mol. The van der Waals surface area contributed by atoms with Crippen LogP contribution in [0.1, 0.15) is 10.4 Å². The monoisotopic (exact) mass is 220 g/mol. The van der Waals surface area contributed by atoms with Gasteiger partial charge in [-0.05, 0) is 6.08 Å². The third-order valence-electron chi connectivity index (χ3n) is 1.43. The topological polar surface area (TPSA) is 92.8 Å². The summed E-state index contributed by atoms with van der Waals surface area (Å²) in [5.74, 6) is -0.780. The lowest BCUT2D eigenvalue weighted by Gasteiger charge is -1.90. The molecule has 84 valence electrons. The number of primary amides is 1. The van der Waals surface area contributed by atoms with E-state index in [0.717, 1.165) is 12.3 Å². The molecular formula is C11H12N2O3. The fourth-order valence-electron chi connectivity index (χ4n) is 0.729. The van der Waals surface area contributed by atoms with Crippen molar-refractivity contribution in [1.82, 2.24) is 0 Å². The normalized spacial score (nSPS) is 9.00. The van der Waals surface area contributed by atoms with Crippen molar-refractivity contribution in [2.75, 3.05) is 0 Å². The first-order chi connectivity index (χ1) is 7.61. The number of rotatable bonds is 3. The van der Waals surface area contributed by atoms with Crippen molar-refractivity contribution in [1.29, 1.82) is 0 Å². The number of Topliss-reactive ketones (excluding diaryl/α,β-unsaturated/α-hetero) is 1. The van der Waals surface area contributed by atoms with Crippen LogP contribution in [0.15, 0.2) is 48.1 Å². The molecule has 0 aliphatic carbocycles. The average molecular weight is 220 g/mol. The lowest BCUT2D eigenvalue weighted by Crippen LogP contribution is -2.04. The van der Waals surface area contributed by atoms with Gasteiger partial charge in [0.2, 0.25) is 11.7 Å². The van der Waals surface area contributed by atoms with Crippen molar-refractivity contribution in [2.45, 2.75) is 0 Å². The summed E-state index contributed by atoms with van der Waals surface area (Å²) in [5, 5.41) is 10.7. The van der Waals surface area contributed by atoms with Gasteiger partial charge in [0.15, 0.2) is 0 Å². The zero-order chi connectivity index (χ0) is 12.4. The van der Waals surface area contributed by atoms with Crippen molar-refractivity contribution in [3.05, 3.63) is 48.6 Å². The predicted octanol–water partition coefficient (Wildman–Crippen LogP) is 0.987. The van der Waals surface area contributed by atoms with Gasteiger partial charge in [0.05, 0.1) is 0 Å². The molecule has 5 heteroatoms. The number of amides is 1. The van der Waals surface area contributed by atoms with Gasteiger partial charge >= 0.3 is 0 Å². The second kappa shape index (κ2) is 7.93. The molecule has 0 heterocycles. The van der Waals surface area contributed by atoms with E-state index in [2.05, 4.69) is 17.5 Å². The van der Waals surface area contributed by atoms with Crippen LogP contribution in [0, 0.1) is 0 Å². The maximum Gasteiger partial charge on any atom is 0.240 e. The number of ketones is 1. The van der Waals surface area contributed by atoms with Gasteiger partial charge < -0.3 is 10.9 Å². The Morgan fingerprint density at radius 2 is 1.81 bits per heavy atom. The van der Waals surface area contributed by atoms with Gasteiger partial charge in [-0.3, -0.25) is 9.59 Å². The standard InChI is InChI=1S/C8H7NO2.C3H5NO/c10-8(6-9-11)7-4-2-1-3-5-7;1-2-3(4)5/h1-6,11H;2H,1H2,(H2,4,5). The first-order valence-electron chi connectivity index (χ1n) is 4.30. The van der Waals surface area contributed by atoms with Crippen molar-refractivity contribution in [2.24, 2.45) is 10.9 Å². The SMILES string of the molecule is C=CC(N)=O.O=C(C=NO)c1ccccc1. The minimum absolute atomic E-state index is 0.298. The number of carbonyl (C=O) groups is 2. The van der Waals surface area contributed by atoms with Crippen LogP contribution in [-0.2, 0) is 4.79 Å². The maximum absolute atomic E-state index is 10.9. The lowest BCUT2D eigenvalue weighted by atomic mass is 10.1. The van der Waals surface area contributed by atoms with Crippen molar-refractivity contribution in [3.63, 3.8) is 0 Å². The summed E-state index contributed by atoms with van der Waals surface area (Å²) in [5.41, 5.74) is 5.05. The van der Waals surface area contributed by atoms with Crippen molar-refractivity contribution in [3.8, 4) is 0 Å². The van der Waals surface area contributed by atoms with E-state index < -0.39 is 5.91 Å². The highest BCUT2D eigenvalue weighted by molar-refractivity contribution is 6.35. The molecule has 0 bridgehead atoms. The number of oxime groups is 1. The fourth-order valence-corrected chi connectivity index (χ4v) is 0.729. The van der Waals surface area contributed by atoms with E-state index in [1.807, 2.05) is 6.07 Å². The molecule has 0 unspecified atom stereocenters. The third-order valence-corrected chi connectivity index (χ3v) is 1.43. The number of benzene rings is 1. The van der Waals surface area contributed by atoms with Gasteiger partial charge in [-0.25, -0.2) is 0 Å². The summed E-state index contributed by atoms with van der Waals surface area (Å²) in [4.78, 5) is 20.4. The minimum Gasteiger partial charge on any atom is -0.411 e. The molecule has 0 saturated carbocycles. The number of nitrogens with zero attached hydrogens (tertiary/aromatic N) is 1. The van der Waals surface area contributed by atoms with Gasteiger partial charge in [-0.15, -0.1) is 0 Å². The molecule has 5 nitrogen and oxygen atoms in total. The Bertz CT molecular complexity index is 385. The highest BCUT2D eigenvalue weighted by atomic mass is 16.4. The van der Waals surface area contributed by atoms with Crippen LogP contribution in [-0.4, -0.2) is 23.1 Å². The van der Waals surface area contributed by atoms with Crippen LogP contribution in [0.25, 0.3) is 0 Å². The average Bonchev–Trinajstić information content (AvgIpc) is 2.31. The van der Waals surface area contributed by atoms with Crippen LogP contribution in [0.5, 0.6) is 0 Å².